The van der Waals surface area contributed by atoms with Gasteiger partial charge in [-0.15, -0.1) is 11.3 Å². The molecule has 4 heterocycles. The number of nitrogens with zero attached hydrogens (tertiary/aromatic N) is 3. The molecule has 0 N–H and O–H groups in total. The Morgan fingerprint density at radius 3 is 2.77 bits per heavy atom. The van der Waals surface area contributed by atoms with E-state index in [1.807, 2.05) is 24.4 Å². The molecule has 0 aliphatic rings. The summed E-state index contributed by atoms with van der Waals surface area (Å²) in [6, 6.07) is 12.2. The lowest BCUT2D eigenvalue weighted by Gasteiger charge is -1.96. The smallest absolute Gasteiger partial charge is 0.227 e. The monoisotopic (exact) mass is 303 g/mol. The third kappa shape index (κ3) is 1.66. The van der Waals surface area contributed by atoms with Crippen molar-refractivity contribution in [2.75, 3.05) is 0 Å². The van der Waals surface area contributed by atoms with Crippen molar-refractivity contribution in [3.8, 4) is 10.4 Å². The van der Waals surface area contributed by atoms with Gasteiger partial charge in [0.2, 0.25) is 5.71 Å². The van der Waals surface area contributed by atoms with Crippen molar-refractivity contribution in [2.45, 2.75) is 0 Å². The highest BCUT2D eigenvalue weighted by Crippen LogP contribution is 2.34. The molecule has 0 radical (unpaired) electrons. The zero-order valence-electron chi connectivity index (χ0n) is 11.4. The van der Waals surface area contributed by atoms with Crippen LogP contribution < -0.4 is 0 Å². The number of hydrogen-bond donors (Lipinski definition) is 0. The van der Waals surface area contributed by atoms with Crippen LogP contribution in [0, 0.1) is 0 Å². The van der Waals surface area contributed by atoms with Crippen LogP contribution in [0.4, 0.5) is 0 Å². The van der Waals surface area contributed by atoms with E-state index in [4.69, 9.17) is 4.42 Å². The highest BCUT2D eigenvalue weighted by atomic mass is 32.1. The number of fused-ring (bicyclic) bond motifs is 4. The molecule has 5 rings (SSSR count). The Balaban J connectivity index is 1.78. The molecular formula is C17H9N3OS. The molecule has 5 heteroatoms. The second kappa shape index (κ2) is 4.35. The third-order valence-electron chi connectivity index (χ3n) is 3.69. The zero-order valence-corrected chi connectivity index (χ0v) is 12.2. The molecule has 0 saturated carbocycles. The molecule has 0 saturated heterocycles. The fraction of sp³-hybridized carbons (Fsp3) is 0. The Morgan fingerprint density at radius 2 is 1.82 bits per heavy atom. The van der Waals surface area contributed by atoms with Crippen LogP contribution in [0.1, 0.15) is 0 Å². The predicted octanol–water partition coefficient (Wildman–Crippen LogP) is 4.65. The molecule has 0 atom stereocenters. The van der Waals surface area contributed by atoms with Crippen LogP contribution in [0.3, 0.4) is 0 Å². The summed E-state index contributed by atoms with van der Waals surface area (Å²) in [6.07, 6.45) is 5.27. The second-order valence-electron chi connectivity index (χ2n) is 5.03. The van der Waals surface area contributed by atoms with E-state index < -0.39 is 0 Å². The van der Waals surface area contributed by atoms with Gasteiger partial charge in [-0.1, -0.05) is 18.2 Å². The molecule has 0 spiro atoms. The van der Waals surface area contributed by atoms with Crippen molar-refractivity contribution in [1.29, 1.82) is 0 Å². The first kappa shape index (κ1) is 11.8. The number of pyridine rings is 1. The highest BCUT2D eigenvalue weighted by Gasteiger charge is 2.11. The Hall–Kier alpha value is -2.79. The molecule has 0 aliphatic heterocycles. The third-order valence-corrected chi connectivity index (χ3v) is 4.77. The number of para-hydroxylation sites is 1. The van der Waals surface area contributed by atoms with E-state index >= 15 is 0 Å². The number of hydrogen-bond acceptors (Lipinski definition) is 5. The van der Waals surface area contributed by atoms with Crippen LogP contribution in [-0.2, 0) is 0 Å². The summed E-state index contributed by atoms with van der Waals surface area (Å²) in [5.41, 5.74) is 3.51. The minimum Gasteiger partial charge on any atom is -0.438 e. The summed E-state index contributed by atoms with van der Waals surface area (Å²) in [6.45, 7) is 0. The van der Waals surface area contributed by atoms with E-state index in [0.29, 0.717) is 5.71 Å². The molecule has 22 heavy (non-hydrogen) atoms. The molecule has 0 unspecified atom stereocenters. The summed E-state index contributed by atoms with van der Waals surface area (Å²) in [5, 5.41) is 2.12. The average Bonchev–Trinajstić information content (AvgIpc) is 3.15. The Bertz CT molecular complexity index is 1110. The maximum absolute atomic E-state index is 5.77. The van der Waals surface area contributed by atoms with E-state index in [1.54, 1.807) is 23.7 Å². The second-order valence-corrected chi connectivity index (χ2v) is 6.06. The van der Waals surface area contributed by atoms with E-state index in [2.05, 4.69) is 33.2 Å². The van der Waals surface area contributed by atoms with Gasteiger partial charge in [-0.25, -0.2) is 9.97 Å². The van der Waals surface area contributed by atoms with Gasteiger partial charge in [-0.3, -0.25) is 4.98 Å². The first-order chi connectivity index (χ1) is 10.9. The molecule has 0 aliphatic carbocycles. The van der Waals surface area contributed by atoms with Gasteiger partial charge in [-0.2, -0.15) is 0 Å². The maximum Gasteiger partial charge on any atom is 0.227 e. The molecular weight excluding hydrogens is 294 g/mol. The van der Waals surface area contributed by atoms with Gasteiger partial charge in [0.15, 0.2) is 0 Å². The van der Waals surface area contributed by atoms with Crippen molar-refractivity contribution in [1.82, 2.24) is 15.0 Å². The standard InChI is InChI=1S/C17H9N3OS/c1-2-4-14-11(3-1)12-7-10(9-20-16(12)21-14)15-8-13-17(22-15)19-6-5-18-13/h1-9H. The molecule has 0 fully saturated rings. The Morgan fingerprint density at radius 1 is 0.909 bits per heavy atom. The van der Waals surface area contributed by atoms with Crippen LogP contribution in [0.2, 0.25) is 0 Å². The quantitative estimate of drug-likeness (QED) is 0.452. The summed E-state index contributed by atoms with van der Waals surface area (Å²) >= 11 is 1.62. The molecule has 0 amide bonds. The largest absolute Gasteiger partial charge is 0.438 e. The van der Waals surface area contributed by atoms with E-state index in [0.717, 1.165) is 37.1 Å². The van der Waals surface area contributed by atoms with Crippen molar-refractivity contribution < 1.29 is 4.42 Å². The van der Waals surface area contributed by atoms with Gasteiger partial charge in [-0.05, 0) is 18.2 Å². The normalized spacial score (nSPS) is 11.6. The van der Waals surface area contributed by atoms with Gasteiger partial charge < -0.3 is 4.42 Å². The average molecular weight is 303 g/mol. The van der Waals surface area contributed by atoms with E-state index in [1.165, 1.54) is 0 Å². The first-order valence-corrected chi connectivity index (χ1v) is 7.68. The number of furan rings is 1. The minimum atomic E-state index is 0.669. The Kier molecular flexibility index (Phi) is 2.34. The first-order valence-electron chi connectivity index (χ1n) is 6.87. The van der Waals surface area contributed by atoms with Crippen molar-refractivity contribution in [2.24, 2.45) is 0 Å². The van der Waals surface area contributed by atoms with Crippen LogP contribution in [0.5, 0.6) is 0 Å². The number of benzene rings is 1. The molecule has 0 bridgehead atoms. The lowest BCUT2D eigenvalue weighted by Crippen LogP contribution is -1.77. The number of rotatable bonds is 1. The van der Waals surface area contributed by atoms with Crippen LogP contribution in [0.15, 0.2) is 59.4 Å². The molecule has 1 aromatic carbocycles. The highest BCUT2D eigenvalue weighted by molar-refractivity contribution is 7.21. The van der Waals surface area contributed by atoms with Crippen molar-refractivity contribution in [3.63, 3.8) is 0 Å². The predicted molar refractivity (Wildman–Crippen MR) is 87.9 cm³/mol. The zero-order chi connectivity index (χ0) is 14.5. The maximum atomic E-state index is 5.77. The lowest BCUT2D eigenvalue weighted by molar-refractivity contribution is 0.654. The van der Waals surface area contributed by atoms with Crippen LogP contribution in [0.25, 0.3) is 42.9 Å². The number of thiophene rings is 1. The van der Waals surface area contributed by atoms with Gasteiger partial charge >= 0.3 is 0 Å². The van der Waals surface area contributed by atoms with E-state index in [-0.39, 0.29) is 0 Å². The summed E-state index contributed by atoms with van der Waals surface area (Å²) < 4.78 is 5.77. The van der Waals surface area contributed by atoms with Crippen molar-refractivity contribution in [3.05, 3.63) is 55.0 Å². The van der Waals surface area contributed by atoms with Crippen LogP contribution >= 0.6 is 11.3 Å². The number of aromatic nitrogens is 3. The molecule has 4 aromatic heterocycles. The Labute approximate surface area is 129 Å². The summed E-state index contributed by atoms with van der Waals surface area (Å²) in [4.78, 5) is 15.2. The minimum absolute atomic E-state index is 0.669. The van der Waals surface area contributed by atoms with Gasteiger partial charge in [0.25, 0.3) is 0 Å². The fourth-order valence-electron chi connectivity index (χ4n) is 2.66. The van der Waals surface area contributed by atoms with Gasteiger partial charge in [0, 0.05) is 39.8 Å². The fourth-order valence-corrected chi connectivity index (χ4v) is 3.60. The van der Waals surface area contributed by atoms with Gasteiger partial charge in [0.1, 0.15) is 15.9 Å². The van der Waals surface area contributed by atoms with Crippen molar-refractivity contribution >= 4 is 43.8 Å². The SMILES string of the molecule is c1ccc2c(c1)oc1ncc(-c3cc4nccnc4s3)cc12. The summed E-state index contributed by atoms with van der Waals surface area (Å²) in [5.74, 6) is 0. The molecule has 5 aromatic rings. The molecule has 104 valence electrons. The lowest BCUT2D eigenvalue weighted by atomic mass is 10.1. The summed E-state index contributed by atoms with van der Waals surface area (Å²) in [7, 11) is 0. The topological polar surface area (TPSA) is 51.8 Å². The van der Waals surface area contributed by atoms with Crippen LogP contribution in [-0.4, -0.2) is 15.0 Å². The van der Waals surface area contributed by atoms with E-state index in [9.17, 15) is 0 Å². The molecule has 4 nitrogen and oxygen atoms in total. The van der Waals surface area contributed by atoms with Gasteiger partial charge in [0.05, 0.1) is 0 Å².